The summed E-state index contributed by atoms with van der Waals surface area (Å²) in [5.41, 5.74) is 0.0218. The molecule has 18 heavy (non-hydrogen) atoms. The van der Waals surface area contributed by atoms with E-state index in [0.29, 0.717) is 0 Å². The van der Waals surface area contributed by atoms with E-state index < -0.39 is 5.60 Å². The first kappa shape index (κ1) is 11.9. The third kappa shape index (κ3) is 2.08. The maximum Gasteiger partial charge on any atom is 0.264 e. The summed E-state index contributed by atoms with van der Waals surface area (Å²) in [5, 5.41) is 27.6. The van der Waals surface area contributed by atoms with Crippen LogP contribution in [-0.2, 0) is 5.60 Å². The van der Waals surface area contributed by atoms with Crippen LogP contribution in [0, 0.1) is 22.7 Å². The number of nitriles is 2. The Morgan fingerprint density at radius 3 is 2.06 bits per heavy atom. The lowest BCUT2D eigenvalue weighted by Crippen LogP contribution is -2.20. The molecule has 86 valence electrons. The lowest BCUT2D eigenvalue weighted by Gasteiger charge is -2.12. The molecule has 0 atom stereocenters. The van der Waals surface area contributed by atoms with E-state index >= 15 is 0 Å². The van der Waals surface area contributed by atoms with Crippen molar-refractivity contribution in [3.8, 4) is 23.3 Å². The zero-order valence-corrected chi connectivity index (χ0v) is 9.54. The van der Waals surface area contributed by atoms with Crippen LogP contribution in [0.25, 0.3) is 11.1 Å². The molecular weight excluding hydrogens is 224 g/mol. The van der Waals surface area contributed by atoms with E-state index in [1.807, 2.05) is 36.4 Å². The van der Waals surface area contributed by atoms with Crippen molar-refractivity contribution >= 4 is 0 Å². The van der Waals surface area contributed by atoms with Crippen molar-refractivity contribution in [2.24, 2.45) is 0 Å². The minimum Gasteiger partial charge on any atom is -0.360 e. The van der Waals surface area contributed by atoms with Gasteiger partial charge in [0.15, 0.2) is 0 Å². The summed E-state index contributed by atoms with van der Waals surface area (Å²) >= 11 is 0. The van der Waals surface area contributed by atoms with Crippen LogP contribution in [0.1, 0.15) is 5.56 Å². The summed E-state index contributed by atoms with van der Waals surface area (Å²) in [6, 6.07) is 19.6. The van der Waals surface area contributed by atoms with Crippen LogP contribution >= 0.6 is 0 Å². The number of aliphatic hydroxyl groups is 1. The second-order valence-corrected chi connectivity index (χ2v) is 3.88. The minimum atomic E-state index is -2.09. The van der Waals surface area contributed by atoms with Gasteiger partial charge in [0, 0.05) is 5.56 Å². The quantitative estimate of drug-likeness (QED) is 0.812. The smallest absolute Gasteiger partial charge is 0.264 e. The highest BCUT2D eigenvalue weighted by molar-refractivity contribution is 5.64. The molecule has 0 unspecified atom stereocenters. The van der Waals surface area contributed by atoms with E-state index in [4.69, 9.17) is 10.5 Å². The predicted molar refractivity (Wildman–Crippen MR) is 67.0 cm³/mol. The molecule has 0 amide bonds. The van der Waals surface area contributed by atoms with Gasteiger partial charge in [0.1, 0.15) is 12.1 Å². The fourth-order valence-electron chi connectivity index (χ4n) is 1.71. The van der Waals surface area contributed by atoms with E-state index in [9.17, 15) is 5.11 Å². The maximum absolute atomic E-state index is 9.85. The summed E-state index contributed by atoms with van der Waals surface area (Å²) in [4.78, 5) is 0. The van der Waals surface area contributed by atoms with Crippen molar-refractivity contribution in [3.63, 3.8) is 0 Å². The first-order valence-corrected chi connectivity index (χ1v) is 5.40. The van der Waals surface area contributed by atoms with E-state index in [1.54, 1.807) is 30.3 Å². The molecule has 0 radical (unpaired) electrons. The second-order valence-electron chi connectivity index (χ2n) is 3.88. The molecule has 0 fully saturated rings. The summed E-state index contributed by atoms with van der Waals surface area (Å²) in [6.07, 6.45) is 0. The van der Waals surface area contributed by atoms with Crippen LogP contribution in [0.5, 0.6) is 0 Å². The molecule has 2 aromatic carbocycles. The third-order valence-corrected chi connectivity index (χ3v) is 2.71. The van der Waals surface area contributed by atoms with Gasteiger partial charge in [-0.25, -0.2) is 0 Å². The molecule has 0 spiro atoms. The van der Waals surface area contributed by atoms with Crippen LogP contribution in [0.3, 0.4) is 0 Å². The number of hydrogen-bond acceptors (Lipinski definition) is 3. The Kier molecular flexibility index (Phi) is 3.10. The summed E-state index contributed by atoms with van der Waals surface area (Å²) in [5.74, 6) is 0. The molecule has 0 aliphatic carbocycles. The van der Waals surface area contributed by atoms with E-state index in [1.165, 1.54) is 0 Å². The molecule has 3 nitrogen and oxygen atoms in total. The normalized spacial score (nSPS) is 10.4. The first-order chi connectivity index (χ1) is 8.69. The van der Waals surface area contributed by atoms with Gasteiger partial charge >= 0.3 is 0 Å². The Hall–Kier alpha value is -2.62. The summed E-state index contributed by atoms with van der Waals surface area (Å²) in [7, 11) is 0. The molecule has 2 rings (SSSR count). The molecule has 0 bridgehead atoms. The molecular formula is C15H10N2O. The molecule has 0 aromatic heterocycles. The van der Waals surface area contributed by atoms with Crippen molar-refractivity contribution < 1.29 is 5.11 Å². The van der Waals surface area contributed by atoms with Crippen LogP contribution in [0.4, 0.5) is 0 Å². The van der Waals surface area contributed by atoms with Gasteiger partial charge in [-0.2, -0.15) is 10.5 Å². The van der Waals surface area contributed by atoms with Crippen molar-refractivity contribution in [1.29, 1.82) is 10.5 Å². The Labute approximate surface area is 105 Å². The Morgan fingerprint density at radius 1 is 0.833 bits per heavy atom. The van der Waals surface area contributed by atoms with Crippen LogP contribution in [0.15, 0.2) is 54.6 Å². The second kappa shape index (κ2) is 4.71. The Morgan fingerprint density at radius 2 is 1.44 bits per heavy atom. The topological polar surface area (TPSA) is 67.8 Å². The predicted octanol–water partition coefficient (Wildman–Crippen LogP) is 2.59. The average molecular weight is 234 g/mol. The lowest BCUT2D eigenvalue weighted by atomic mass is 9.93. The van der Waals surface area contributed by atoms with Crippen molar-refractivity contribution in [3.05, 3.63) is 60.2 Å². The molecule has 0 aliphatic rings. The third-order valence-electron chi connectivity index (χ3n) is 2.71. The molecule has 0 aliphatic heterocycles. The highest BCUT2D eigenvalue weighted by Gasteiger charge is 2.28. The van der Waals surface area contributed by atoms with E-state index in [-0.39, 0.29) is 5.56 Å². The van der Waals surface area contributed by atoms with Gasteiger partial charge < -0.3 is 5.11 Å². The molecule has 0 saturated heterocycles. The van der Waals surface area contributed by atoms with Crippen molar-refractivity contribution in [1.82, 2.24) is 0 Å². The SMILES string of the molecule is N#CC(O)(C#N)c1cccc(-c2ccccc2)c1. The van der Waals surface area contributed by atoms with Crippen molar-refractivity contribution in [2.45, 2.75) is 5.60 Å². The van der Waals surface area contributed by atoms with Gasteiger partial charge in [0.05, 0.1) is 0 Å². The van der Waals surface area contributed by atoms with Crippen molar-refractivity contribution in [2.75, 3.05) is 0 Å². The van der Waals surface area contributed by atoms with Gasteiger partial charge in [0.25, 0.3) is 5.60 Å². The highest BCUT2D eigenvalue weighted by atomic mass is 16.3. The van der Waals surface area contributed by atoms with Gasteiger partial charge in [-0.05, 0) is 17.2 Å². The molecule has 2 aromatic rings. The molecule has 1 N–H and O–H groups in total. The van der Waals surface area contributed by atoms with Crippen LogP contribution < -0.4 is 0 Å². The van der Waals surface area contributed by atoms with Gasteiger partial charge in [0.2, 0.25) is 0 Å². The van der Waals surface area contributed by atoms with E-state index in [0.717, 1.165) is 11.1 Å². The fraction of sp³-hybridized carbons (Fsp3) is 0.0667. The first-order valence-electron chi connectivity index (χ1n) is 5.40. The highest BCUT2D eigenvalue weighted by Crippen LogP contribution is 2.25. The van der Waals surface area contributed by atoms with Crippen LogP contribution in [0.2, 0.25) is 0 Å². The average Bonchev–Trinajstić information content (AvgIpc) is 2.47. The van der Waals surface area contributed by atoms with Gasteiger partial charge in [-0.1, -0.05) is 48.5 Å². The molecule has 0 saturated carbocycles. The minimum absolute atomic E-state index is 0.286. The number of hydrogen-bond donors (Lipinski definition) is 1. The Balaban J connectivity index is 2.51. The lowest BCUT2D eigenvalue weighted by molar-refractivity contribution is 0.159. The van der Waals surface area contributed by atoms with Crippen LogP contribution in [-0.4, -0.2) is 5.11 Å². The standard InChI is InChI=1S/C15H10N2O/c16-10-15(18,11-17)14-8-4-7-13(9-14)12-5-2-1-3-6-12/h1-9,18H. The number of nitrogens with zero attached hydrogens (tertiary/aromatic N) is 2. The van der Waals surface area contributed by atoms with E-state index in [2.05, 4.69) is 0 Å². The van der Waals surface area contributed by atoms with Gasteiger partial charge in [-0.15, -0.1) is 0 Å². The zero-order chi connectivity index (χ0) is 13.0. The monoisotopic (exact) mass is 234 g/mol. The fourth-order valence-corrected chi connectivity index (χ4v) is 1.71. The Bertz CT molecular complexity index is 622. The van der Waals surface area contributed by atoms with Gasteiger partial charge in [-0.3, -0.25) is 0 Å². The zero-order valence-electron chi connectivity index (χ0n) is 9.54. The molecule has 0 heterocycles. The number of benzene rings is 2. The summed E-state index contributed by atoms with van der Waals surface area (Å²) in [6.45, 7) is 0. The molecule has 3 heteroatoms. The largest absolute Gasteiger partial charge is 0.360 e. The number of rotatable bonds is 2. The summed E-state index contributed by atoms with van der Waals surface area (Å²) < 4.78 is 0. The maximum atomic E-state index is 9.85.